The van der Waals surface area contributed by atoms with Gasteiger partial charge in [-0.3, -0.25) is 4.79 Å². The van der Waals surface area contributed by atoms with Gasteiger partial charge in [-0.15, -0.1) is 11.6 Å². The number of para-hydroxylation sites is 1. The van der Waals surface area contributed by atoms with Gasteiger partial charge in [0.1, 0.15) is 5.75 Å². The Bertz CT molecular complexity index is 436. The summed E-state index contributed by atoms with van der Waals surface area (Å²) >= 11 is 6.04. The Balaban J connectivity index is 2.23. The van der Waals surface area contributed by atoms with Crippen molar-refractivity contribution < 1.29 is 9.53 Å². The molecule has 1 amide bonds. The predicted molar refractivity (Wildman–Crippen MR) is 72.0 cm³/mol. The van der Waals surface area contributed by atoms with E-state index in [1.54, 1.807) is 0 Å². The van der Waals surface area contributed by atoms with Gasteiger partial charge in [0, 0.05) is 18.5 Å². The van der Waals surface area contributed by atoms with E-state index in [2.05, 4.69) is 0 Å². The minimum atomic E-state index is -0.0702. The molecule has 4 heteroatoms. The number of benzene rings is 1. The molecule has 98 valence electrons. The number of amides is 1. The molecule has 1 heterocycles. The smallest absolute Gasteiger partial charge is 0.224 e. The first-order chi connectivity index (χ1) is 8.63. The lowest BCUT2D eigenvalue weighted by Gasteiger charge is -2.26. The molecule has 0 bridgehead atoms. The fraction of sp³-hybridized carbons (Fsp3) is 0.500. The Kier molecular flexibility index (Phi) is 4.12. The van der Waals surface area contributed by atoms with E-state index in [9.17, 15) is 4.79 Å². The van der Waals surface area contributed by atoms with Crippen LogP contribution in [-0.2, 0) is 4.79 Å². The third-order valence-electron chi connectivity index (χ3n) is 3.25. The quantitative estimate of drug-likeness (QED) is 0.785. The standard InChI is InChI=1S/C14H18ClNO2/c1-3-18-13-7-5-4-6-12(13)10(2)16-9-11(15)8-14(16)17/h4-7,10-11H,3,8-9H2,1-2H3. The Morgan fingerprint density at radius 1 is 1.50 bits per heavy atom. The number of halogens is 1. The second kappa shape index (κ2) is 5.61. The van der Waals surface area contributed by atoms with Crippen LogP contribution in [0.2, 0.25) is 0 Å². The van der Waals surface area contributed by atoms with Crippen molar-refractivity contribution in [3.63, 3.8) is 0 Å². The molecule has 3 nitrogen and oxygen atoms in total. The summed E-state index contributed by atoms with van der Waals surface area (Å²) in [5, 5.41) is -0.0702. The van der Waals surface area contributed by atoms with Gasteiger partial charge in [0.2, 0.25) is 5.91 Å². The van der Waals surface area contributed by atoms with Gasteiger partial charge in [-0.2, -0.15) is 0 Å². The highest BCUT2D eigenvalue weighted by atomic mass is 35.5. The number of carbonyl (C=O) groups excluding carboxylic acids is 1. The Morgan fingerprint density at radius 3 is 2.83 bits per heavy atom. The molecule has 2 atom stereocenters. The van der Waals surface area contributed by atoms with E-state index in [1.807, 2.05) is 43.0 Å². The topological polar surface area (TPSA) is 29.5 Å². The summed E-state index contributed by atoms with van der Waals surface area (Å²) in [6.07, 6.45) is 0.433. The first-order valence-corrected chi connectivity index (χ1v) is 6.72. The van der Waals surface area contributed by atoms with Crippen LogP contribution in [0.4, 0.5) is 0 Å². The summed E-state index contributed by atoms with van der Waals surface area (Å²) in [6.45, 7) is 5.21. The molecule has 1 aliphatic rings. The zero-order chi connectivity index (χ0) is 13.1. The van der Waals surface area contributed by atoms with Crippen LogP contribution in [-0.4, -0.2) is 29.3 Å². The van der Waals surface area contributed by atoms with Crippen LogP contribution in [0.25, 0.3) is 0 Å². The summed E-state index contributed by atoms with van der Waals surface area (Å²) in [4.78, 5) is 13.7. The molecule has 1 aromatic rings. The molecule has 2 unspecified atom stereocenters. The van der Waals surface area contributed by atoms with Crippen molar-refractivity contribution in [2.24, 2.45) is 0 Å². The maximum atomic E-state index is 11.9. The third kappa shape index (κ3) is 2.61. The fourth-order valence-electron chi connectivity index (χ4n) is 2.34. The van der Waals surface area contributed by atoms with Crippen molar-refractivity contribution in [1.29, 1.82) is 0 Å². The number of hydrogen-bond donors (Lipinski definition) is 0. The molecule has 1 saturated heterocycles. The van der Waals surface area contributed by atoms with E-state index < -0.39 is 0 Å². The van der Waals surface area contributed by atoms with E-state index in [0.29, 0.717) is 19.6 Å². The van der Waals surface area contributed by atoms with Gasteiger partial charge in [-0.05, 0) is 19.9 Å². The molecule has 0 N–H and O–H groups in total. The second-order valence-electron chi connectivity index (χ2n) is 4.49. The first kappa shape index (κ1) is 13.2. The van der Waals surface area contributed by atoms with Gasteiger partial charge < -0.3 is 9.64 Å². The highest BCUT2D eigenvalue weighted by Crippen LogP contribution is 2.32. The Labute approximate surface area is 113 Å². The van der Waals surface area contributed by atoms with Crippen LogP contribution in [0, 0.1) is 0 Å². The number of rotatable bonds is 4. The van der Waals surface area contributed by atoms with Gasteiger partial charge in [-0.1, -0.05) is 18.2 Å². The normalized spacial score (nSPS) is 21.2. The zero-order valence-electron chi connectivity index (χ0n) is 10.7. The highest BCUT2D eigenvalue weighted by Gasteiger charge is 2.32. The predicted octanol–water partition coefficient (Wildman–Crippen LogP) is 2.99. The molecule has 18 heavy (non-hydrogen) atoms. The van der Waals surface area contributed by atoms with Crippen LogP contribution in [0.1, 0.15) is 31.9 Å². The third-order valence-corrected chi connectivity index (χ3v) is 3.54. The summed E-state index contributed by atoms with van der Waals surface area (Å²) in [6, 6.07) is 7.85. The van der Waals surface area contributed by atoms with Gasteiger partial charge in [0.05, 0.1) is 18.0 Å². The fourth-order valence-corrected chi connectivity index (χ4v) is 2.62. The van der Waals surface area contributed by atoms with Crippen LogP contribution in [0.3, 0.4) is 0 Å². The number of carbonyl (C=O) groups is 1. The average Bonchev–Trinajstić information content (AvgIpc) is 2.69. The SMILES string of the molecule is CCOc1ccccc1C(C)N1CC(Cl)CC1=O. The maximum absolute atomic E-state index is 11.9. The van der Waals surface area contributed by atoms with Crippen molar-refractivity contribution in [1.82, 2.24) is 4.90 Å². The van der Waals surface area contributed by atoms with Crippen molar-refractivity contribution >= 4 is 17.5 Å². The van der Waals surface area contributed by atoms with E-state index in [-0.39, 0.29) is 17.3 Å². The molecule has 2 rings (SSSR count). The first-order valence-electron chi connectivity index (χ1n) is 6.28. The monoisotopic (exact) mass is 267 g/mol. The average molecular weight is 268 g/mol. The van der Waals surface area contributed by atoms with Gasteiger partial charge in [0.15, 0.2) is 0 Å². The van der Waals surface area contributed by atoms with Crippen molar-refractivity contribution in [3.05, 3.63) is 29.8 Å². The summed E-state index contributed by atoms with van der Waals surface area (Å²) in [5.41, 5.74) is 1.04. The van der Waals surface area contributed by atoms with Crippen LogP contribution >= 0.6 is 11.6 Å². The minimum Gasteiger partial charge on any atom is -0.494 e. The summed E-state index contributed by atoms with van der Waals surface area (Å²) in [7, 11) is 0. The minimum absolute atomic E-state index is 0.00370. The van der Waals surface area contributed by atoms with Gasteiger partial charge in [-0.25, -0.2) is 0 Å². The van der Waals surface area contributed by atoms with Crippen molar-refractivity contribution in [2.75, 3.05) is 13.2 Å². The van der Waals surface area contributed by atoms with E-state index in [1.165, 1.54) is 0 Å². The van der Waals surface area contributed by atoms with Crippen LogP contribution in [0.5, 0.6) is 5.75 Å². The van der Waals surface area contributed by atoms with Gasteiger partial charge >= 0.3 is 0 Å². The number of nitrogens with zero attached hydrogens (tertiary/aromatic N) is 1. The van der Waals surface area contributed by atoms with E-state index in [4.69, 9.17) is 16.3 Å². The molecular formula is C14H18ClNO2. The number of likely N-dealkylation sites (tertiary alicyclic amines) is 1. The van der Waals surface area contributed by atoms with Crippen LogP contribution < -0.4 is 4.74 Å². The van der Waals surface area contributed by atoms with E-state index in [0.717, 1.165) is 11.3 Å². The number of hydrogen-bond acceptors (Lipinski definition) is 2. The van der Waals surface area contributed by atoms with Gasteiger partial charge in [0.25, 0.3) is 0 Å². The number of alkyl halides is 1. The van der Waals surface area contributed by atoms with Crippen molar-refractivity contribution in [3.8, 4) is 5.75 Å². The summed E-state index contributed by atoms with van der Waals surface area (Å²) < 4.78 is 5.61. The molecule has 0 spiro atoms. The Morgan fingerprint density at radius 2 is 2.22 bits per heavy atom. The number of ether oxygens (including phenoxy) is 1. The second-order valence-corrected chi connectivity index (χ2v) is 5.11. The molecule has 0 saturated carbocycles. The molecule has 1 aliphatic heterocycles. The summed E-state index contributed by atoms with van der Waals surface area (Å²) in [5.74, 6) is 0.965. The highest BCUT2D eigenvalue weighted by molar-refractivity contribution is 6.22. The van der Waals surface area contributed by atoms with Crippen LogP contribution in [0.15, 0.2) is 24.3 Å². The molecular weight excluding hydrogens is 250 g/mol. The lowest BCUT2D eigenvalue weighted by molar-refractivity contribution is -0.129. The lowest BCUT2D eigenvalue weighted by Crippen LogP contribution is -2.28. The maximum Gasteiger partial charge on any atom is 0.224 e. The Hall–Kier alpha value is -1.22. The largest absolute Gasteiger partial charge is 0.494 e. The van der Waals surface area contributed by atoms with Crippen molar-refractivity contribution in [2.45, 2.75) is 31.7 Å². The lowest BCUT2D eigenvalue weighted by atomic mass is 10.1. The molecule has 1 aromatic carbocycles. The molecule has 0 radical (unpaired) electrons. The molecule has 0 aromatic heterocycles. The molecule has 1 fully saturated rings. The molecule has 0 aliphatic carbocycles. The van der Waals surface area contributed by atoms with E-state index >= 15 is 0 Å². The zero-order valence-corrected chi connectivity index (χ0v) is 11.5.